The Morgan fingerprint density at radius 2 is 1.17 bits per heavy atom. The number of carbonyl (C=O) groups is 2. The van der Waals surface area contributed by atoms with Crippen molar-refractivity contribution in [3.8, 4) is 11.5 Å². The molecule has 334 valence electrons. The minimum absolute atomic E-state index is 0.0190. The average Bonchev–Trinajstić information content (AvgIpc) is 3.28. The number of anilines is 4. The van der Waals surface area contributed by atoms with Crippen molar-refractivity contribution in [2.75, 3.05) is 73.8 Å². The monoisotopic (exact) mass is 944 g/mol. The van der Waals surface area contributed by atoms with Gasteiger partial charge in [-0.15, -0.1) is 0 Å². The summed E-state index contributed by atoms with van der Waals surface area (Å²) < 4.78 is 53.7. The number of carbonyl (C=O) groups excluding carboxylic acids is 2. The molecule has 2 aliphatic heterocycles. The molecule has 0 spiro atoms. The van der Waals surface area contributed by atoms with Gasteiger partial charge < -0.3 is 40.1 Å². The predicted octanol–water partition coefficient (Wildman–Crippen LogP) is 4.96. The predicted molar refractivity (Wildman–Crippen MR) is 235 cm³/mol. The van der Waals surface area contributed by atoms with E-state index < -0.39 is 35.8 Å². The van der Waals surface area contributed by atoms with E-state index in [2.05, 4.69) is 90.7 Å². The Balaban J connectivity index is 1.10. The molecular weight excluding hydrogens is 901 g/mol. The van der Waals surface area contributed by atoms with Crippen LogP contribution in [0.2, 0.25) is 0 Å². The number of aryl methyl sites for hydroxylation is 2. The van der Waals surface area contributed by atoms with E-state index in [1.54, 1.807) is 38.1 Å². The fraction of sp³-hybridized carbons (Fsp3) is 0.381. The molecule has 2 unspecified atom stereocenters. The number of piperidine rings is 1. The molecule has 0 saturated carbocycles. The van der Waals surface area contributed by atoms with Crippen molar-refractivity contribution in [2.24, 2.45) is 0 Å². The maximum atomic E-state index is 14.5. The normalized spacial score (nSPS) is 15.9. The number of benzene rings is 2. The maximum absolute atomic E-state index is 14.5. The lowest BCUT2D eigenvalue weighted by Crippen LogP contribution is -2.51. The van der Waals surface area contributed by atoms with Crippen LogP contribution >= 0.6 is 15.9 Å². The number of aromatic nitrogens is 8. The van der Waals surface area contributed by atoms with E-state index in [9.17, 15) is 22.8 Å². The molecule has 2 fully saturated rings. The molecule has 2 amide bonds. The van der Waals surface area contributed by atoms with Crippen molar-refractivity contribution < 1.29 is 32.2 Å². The maximum Gasteiger partial charge on any atom is 0.416 e. The number of amides is 2. The van der Waals surface area contributed by atoms with Crippen molar-refractivity contribution in [3.63, 3.8) is 0 Å². The van der Waals surface area contributed by atoms with Gasteiger partial charge in [0.2, 0.25) is 24.1 Å². The summed E-state index contributed by atoms with van der Waals surface area (Å²) in [7, 11) is 4.13. The molecule has 22 heteroatoms. The molecule has 0 radical (unpaired) electrons. The quantitative estimate of drug-likeness (QED) is 0.148. The third-order valence-corrected chi connectivity index (χ3v) is 11.4. The van der Waals surface area contributed by atoms with Crippen LogP contribution in [0.5, 0.6) is 11.5 Å². The minimum atomic E-state index is -4.64. The molecule has 2 atom stereocenters. The number of ether oxygens (including phenoxy) is 2. The highest BCUT2D eigenvalue weighted by Gasteiger charge is 2.40. The van der Waals surface area contributed by atoms with Crippen molar-refractivity contribution in [2.45, 2.75) is 51.1 Å². The topological polar surface area (TPSA) is 202 Å². The lowest BCUT2D eigenvalue weighted by Gasteiger charge is -2.35. The van der Waals surface area contributed by atoms with Gasteiger partial charge in [0, 0.05) is 49.8 Å². The summed E-state index contributed by atoms with van der Waals surface area (Å²) in [5, 5.41) is 8.63. The molecule has 6 heterocycles. The van der Waals surface area contributed by atoms with Crippen LogP contribution < -0.4 is 35.2 Å². The molecule has 64 heavy (non-hydrogen) atoms. The smallest absolute Gasteiger partial charge is 0.416 e. The van der Waals surface area contributed by atoms with Gasteiger partial charge in [0.1, 0.15) is 22.5 Å². The van der Waals surface area contributed by atoms with Gasteiger partial charge in [-0.2, -0.15) is 23.1 Å². The van der Waals surface area contributed by atoms with Gasteiger partial charge in [0.25, 0.3) is 11.8 Å². The van der Waals surface area contributed by atoms with Gasteiger partial charge in [-0.25, -0.2) is 29.9 Å². The fourth-order valence-corrected chi connectivity index (χ4v) is 7.60. The van der Waals surface area contributed by atoms with Crippen LogP contribution in [-0.4, -0.2) is 128 Å². The SMILES string of the molecule is Cc1nc(N2CCNCC2)nc2ncc(NC(=O)C(Oc3ccc(Br)cc3)C(Oc3ccc(C(F)(F)F)cc3)C(=O)Nc3cnc4nc(N5CCC(N(C)C)CC5)nc(C)c4n3)nc12. The van der Waals surface area contributed by atoms with E-state index in [1.807, 2.05) is 4.90 Å². The van der Waals surface area contributed by atoms with Crippen LogP contribution in [0.4, 0.5) is 36.7 Å². The largest absolute Gasteiger partial charge is 0.476 e. The molecule has 2 saturated heterocycles. The van der Waals surface area contributed by atoms with Crippen molar-refractivity contribution in [3.05, 3.63) is 82.3 Å². The number of alkyl halides is 3. The Bertz CT molecular complexity index is 2650. The second kappa shape index (κ2) is 18.8. The summed E-state index contributed by atoms with van der Waals surface area (Å²) in [4.78, 5) is 72.0. The molecular formula is C42H44BrF3N14O4. The highest BCUT2D eigenvalue weighted by Crippen LogP contribution is 2.31. The standard InChI is InChI=1S/C42H44BrF3N14O4/c1-23-32-36(56-40(50-23)59-17-13-27(14-18-59)58(3)4)48-21-30(52-32)54-38(61)34(63-28-9-5-25(6-10-28)42(44,45)46)35(64-29-11-7-26(43)8-12-29)39(62)55-31-22-49-37-33(53-31)24(2)51-41(57-37)60-19-15-47-16-20-60/h5-12,21-22,27,34-35,47H,13-20H2,1-4H3,(H,52,54,61)(H,53,55,62). The highest BCUT2D eigenvalue weighted by atomic mass is 79.9. The van der Waals surface area contributed by atoms with Gasteiger partial charge in [-0.3, -0.25) is 9.59 Å². The number of piperazine rings is 1. The Morgan fingerprint density at radius 3 is 1.62 bits per heavy atom. The van der Waals surface area contributed by atoms with E-state index in [0.29, 0.717) is 56.1 Å². The summed E-state index contributed by atoms with van der Waals surface area (Å²) in [6.45, 7) is 8.06. The molecule has 8 rings (SSSR count). The summed E-state index contributed by atoms with van der Waals surface area (Å²) in [6.07, 6.45) is -3.78. The number of fused-ring (bicyclic) bond motifs is 2. The van der Waals surface area contributed by atoms with Crippen LogP contribution in [0.1, 0.15) is 29.8 Å². The van der Waals surface area contributed by atoms with Crippen molar-refractivity contribution in [1.29, 1.82) is 0 Å². The zero-order valence-electron chi connectivity index (χ0n) is 35.2. The fourth-order valence-electron chi connectivity index (χ4n) is 7.34. The van der Waals surface area contributed by atoms with Crippen LogP contribution in [0.15, 0.2) is 65.4 Å². The van der Waals surface area contributed by atoms with Crippen LogP contribution in [0.25, 0.3) is 22.3 Å². The molecule has 4 aromatic heterocycles. The summed E-state index contributed by atoms with van der Waals surface area (Å²) in [6, 6.07) is 10.6. The molecule has 2 aliphatic rings. The van der Waals surface area contributed by atoms with E-state index in [4.69, 9.17) is 14.5 Å². The Kier molecular flexibility index (Phi) is 13.0. The van der Waals surface area contributed by atoms with Gasteiger partial charge in [-0.05, 0) is 89.3 Å². The molecule has 2 aromatic carbocycles. The zero-order valence-corrected chi connectivity index (χ0v) is 36.8. The third-order valence-electron chi connectivity index (χ3n) is 10.8. The molecule has 0 aliphatic carbocycles. The van der Waals surface area contributed by atoms with Gasteiger partial charge in [0.05, 0.1) is 29.3 Å². The Hall–Kier alpha value is -6.39. The molecule has 3 N–H and O–H groups in total. The van der Waals surface area contributed by atoms with E-state index in [-0.39, 0.29) is 23.1 Å². The molecule has 18 nitrogen and oxygen atoms in total. The summed E-state index contributed by atoms with van der Waals surface area (Å²) >= 11 is 3.38. The van der Waals surface area contributed by atoms with Crippen LogP contribution in [0, 0.1) is 13.8 Å². The van der Waals surface area contributed by atoms with Crippen molar-refractivity contribution in [1.82, 2.24) is 50.1 Å². The van der Waals surface area contributed by atoms with Gasteiger partial charge in [-0.1, -0.05) is 15.9 Å². The van der Waals surface area contributed by atoms with E-state index in [0.717, 1.165) is 76.4 Å². The first kappa shape index (κ1) is 44.2. The van der Waals surface area contributed by atoms with Gasteiger partial charge >= 0.3 is 6.18 Å². The first-order chi connectivity index (χ1) is 30.7. The first-order valence-corrected chi connectivity index (χ1v) is 21.3. The molecule has 6 aromatic rings. The second-order valence-corrected chi connectivity index (χ2v) is 16.4. The number of hydrogen-bond acceptors (Lipinski definition) is 16. The van der Waals surface area contributed by atoms with Crippen LogP contribution in [0.3, 0.4) is 0 Å². The lowest BCUT2D eigenvalue weighted by molar-refractivity contribution is -0.137. The third kappa shape index (κ3) is 10.2. The Morgan fingerprint density at radius 1 is 0.719 bits per heavy atom. The number of rotatable bonds is 12. The minimum Gasteiger partial charge on any atom is -0.476 e. The number of nitrogens with one attached hydrogen (secondary N) is 3. The zero-order chi connectivity index (χ0) is 45.1. The van der Waals surface area contributed by atoms with Crippen LogP contribution in [-0.2, 0) is 15.8 Å². The van der Waals surface area contributed by atoms with E-state index in [1.165, 1.54) is 12.4 Å². The lowest BCUT2D eigenvalue weighted by atomic mass is 10.0. The number of nitrogens with zero attached hydrogens (tertiary/aromatic N) is 11. The number of halogens is 4. The summed E-state index contributed by atoms with van der Waals surface area (Å²) in [5.41, 5.74) is 1.35. The van der Waals surface area contributed by atoms with Crippen molar-refractivity contribution >= 4 is 73.6 Å². The van der Waals surface area contributed by atoms with Gasteiger partial charge in [0.15, 0.2) is 22.9 Å². The highest BCUT2D eigenvalue weighted by molar-refractivity contribution is 9.10. The average molecular weight is 946 g/mol. The first-order valence-electron chi connectivity index (χ1n) is 20.5. The summed E-state index contributed by atoms with van der Waals surface area (Å²) in [5.74, 6) is -0.885. The van der Waals surface area contributed by atoms with E-state index >= 15 is 0 Å². The number of hydrogen-bond donors (Lipinski definition) is 3. The second-order valence-electron chi connectivity index (χ2n) is 15.5. The molecule has 0 bridgehead atoms. The Labute approximate surface area is 373 Å².